The first-order valence-corrected chi connectivity index (χ1v) is 9.88. The number of aryl methyl sites for hydroxylation is 1. The molecule has 0 spiro atoms. The van der Waals surface area contributed by atoms with Crippen LogP contribution in [0.3, 0.4) is 0 Å². The largest absolute Gasteiger partial charge is 0.493 e. The number of ether oxygens (including phenoxy) is 1. The summed E-state index contributed by atoms with van der Waals surface area (Å²) in [6.45, 7) is 0.519. The number of fused-ring (bicyclic) bond motifs is 2. The van der Waals surface area contributed by atoms with E-state index in [1.165, 1.54) is 11.3 Å². The fourth-order valence-corrected chi connectivity index (χ4v) is 4.69. The Labute approximate surface area is 165 Å². The second-order valence-corrected chi connectivity index (χ2v) is 7.69. The van der Waals surface area contributed by atoms with Crippen molar-refractivity contribution in [3.05, 3.63) is 76.1 Å². The molecule has 4 rings (SSSR count). The van der Waals surface area contributed by atoms with Crippen molar-refractivity contribution in [2.24, 2.45) is 0 Å². The molecule has 0 aliphatic rings. The van der Waals surface area contributed by atoms with Crippen molar-refractivity contribution in [1.82, 2.24) is 0 Å². The highest BCUT2D eigenvalue weighted by molar-refractivity contribution is 7.21. The number of hydrogen-bond donors (Lipinski definition) is 1. The van der Waals surface area contributed by atoms with E-state index in [9.17, 15) is 9.90 Å². The van der Waals surface area contributed by atoms with Crippen molar-refractivity contribution in [2.75, 3.05) is 6.61 Å². The summed E-state index contributed by atoms with van der Waals surface area (Å²) in [4.78, 5) is 12.0. The van der Waals surface area contributed by atoms with Gasteiger partial charge in [-0.25, -0.2) is 4.79 Å². The Morgan fingerprint density at radius 3 is 2.59 bits per heavy atom. The molecule has 3 aromatic carbocycles. The van der Waals surface area contributed by atoms with E-state index in [1.807, 2.05) is 42.5 Å². The number of hydrogen-bond acceptors (Lipinski definition) is 3. The minimum atomic E-state index is -0.905. The zero-order valence-corrected chi connectivity index (χ0v) is 16.0. The maximum Gasteiger partial charge on any atom is 0.346 e. The Morgan fingerprint density at radius 1 is 1.00 bits per heavy atom. The molecule has 27 heavy (non-hydrogen) atoms. The molecule has 1 aromatic heterocycles. The molecule has 0 saturated heterocycles. The third-order valence-electron chi connectivity index (χ3n) is 4.54. The number of carboxylic acids is 1. The summed E-state index contributed by atoms with van der Waals surface area (Å²) < 4.78 is 6.82. The number of thiophene rings is 1. The zero-order chi connectivity index (χ0) is 18.8. The average Bonchev–Trinajstić information content (AvgIpc) is 3.06. The predicted molar refractivity (Wildman–Crippen MR) is 112 cm³/mol. The van der Waals surface area contributed by atoms with Gasteiger partial charge in [0.1, 0.15) is 10.6 Å². The molecule has 5 heteroatoms. The number of carbonyl (C=O) groups is 1. The lowest BCUT2D eigenvalue weighted by Crippen LogP contribution is -2.03. The summed E-state index contributed by atoms with van der Waals surface area (Å²) in [7, 11) is 0. The van der Waals surface area contributed by atoms with Crippen LogP contribution >= 0.6 is 22.9 Å². The molecule has 0 aliphatic heterocycles. The third kappa shape index (κ3) is 3.51. The first-order chi connectivity index (χ1) is 13.1. The molecule has 0 amide bonds. The molecule has 0 bridgehead atoms. The van der Waals surface area contributed by atoms with Crippen LogP contribution in [0.5, 0.6) is 5.75 Å². The molecule has 1 heterocycles. The highest BCUT2D eigenvalue weighted by Crippen LogP contribution is 2.36. The number of aromatic carboxylic acids is 1. The maximum absolute atomic E-state index is 11.6. The number of carboxylic acid groups (broad SMARTS) is 1. The van der Waals surface area contributed by atoms with Crippen LogP contribution in [0.2, 0.25) is 5.02 Å². The van der Waals surface area contributed by atoms with Gasteiger partial charge in [-0.15, -0.1) is 11.3 Å². The normalized spacial score (nSPS) is 11.1. The third-order valence-corrected chi connectivity index (χ3v) is 6.24. The minimum Gasteiger partial charge on any atom is -0.493 e. The van der Waals surface area contributed by atoms with Gasteiger partial charge in [-0.05, 0) is 41.3 Å². The number of rotatable bonds is 6. The van der Waals surface area contributed by atoms with Crippen molar-refractivity contribution >= 4 is 49.8 Å². The van der Waals surface area contributed by atoms with E-state index in [-0.39, 0.29) is 0 Å². The monoisotopic (exact) mass is 396 g/mol. The van der Waals surface area contributed by atoms with Gasteiger partial charge in [0.25, 0.3) is 0 Å². The van der Waals surface area contributed by atoms with Crippen LogP contribution in [0.1, 0.15) is 21.7 Å². The SMILES string of the molecule is O=C(O)c1sc2c(Cl)cccc2c1CCCOc1cccc2ccccc12. The summed E-state index contributed by atoms with van der Waals surface area (Å²) in [6, 6.07) is 19.7. The van der Waals surface area contributed by atoms with Gasteiger partial charge in [-0.3, -0.25) is 0 Å². The topological polar surface area (TPSA) is 46.5 Å². The van der Waals surface area contributed by atoms with Crippen LogP contribution in [0.25, 0.3) is 20.9 Å². The first kappa shape index (κ1) is 17.8. The molecular weight excluding hydrogens is 380 g/mol. The summed E-state index contributed by atoms with van der Waals surface area (Å²) in [5.41, 5.74) is 0.839. The predicted octanol–water partition coefficient (Wildman–Crippen LogP) is 6.42. The van der Waals surface area contributed by atoms with Crippen LogP contribution in [-0.4, -0.2) is 17.7 Å². The quantitative estimate of drug-likeness (QED) is 0.382. The van der Waals surface area contributed by atoms with E-state index in [4.69, 9.17) is 16.3 Å². The Bertz CT molecular complexity index is 1130. The van der Waals surface area contributed by atoms with E-state index in [0.717, 1.165) is 38.6 Å². The lowest BCUT2D eigenvalue weighted by atomic mass is 10.1. The van der Waals surface area contributed by atoms with Gasteiger partial charge >= 0.3 is 5.97 Å². The molecule has 0 fully saturated rings. The molecule has 0 unspecified atom stereocenters. The van der Waals surface area contributed by atoms with Gasteiger partial charge < -0.3 is 9.84 Å². The molecule has 1 N–H and O–H groups in total. The van der Waals surface area contributed by atoms with Gasteiger partial charge in [0.05, 0.1) is 16.3 Å². The Balaban J connectivity index is 1.52. The van der Waals surface area contributed by atoms with E-state index >= 15 is 0 Å². The van der Waals surface area contributed by atoms with Crippen LogP contribution in [0.15, 0.2) is 60.7 Å². The summed E-state index contributed by atoms with van der Waals surface area (Å²) in [5, 5.41) is 13.3. The Hall–Kier alpha value is -2.56. The first-order valence-electron chi connectivity index (χ1n) is 8.69. The summed E-state index contributed by atoms with van der Waals surface area (Å²) in [6.07, 6.45) is 1.36. The average molecular weight is 397 g/mol. The zero-order valence-electron chi connectivity index (χ0n) is 14.4. The summed E-state index contributed by atoms with van der Waals surface area (Å²) in [5.74, 6) is -0.0537. The highest BCUT2D eigenvalue weighted by atomic mass is 35.5. The Kier molecular flexibility index (Phi) is 5.01. The highest BCUT2D eigenvalue weighted by Gasteiger charge is 2.18. The van der Waals surface area contributed by atoms with Crippen molar-refractivity contribution in [3.8, 4) is 5.75 Å². The number of halogens is 1. The van der Waals surface area contributed by atoms with E-state index in [0.29, 0.717) is 22.9 Å². The van der Waals surface area contributed by atoms with Crippen molar-refractivity contribution in [3.63, 3.8) is 0 Å². The van der Waals surface area contributed by atoms with Crippen LogP contribution in [0, 0.1) is 0 Å². The fourth-order valence-electron chi connectivity index (χ4n) is 3.31. The minimum absolute atomic E-state index is 0.364. The molecule has 3 nitrogen and oxygen atoms in total. The van der Waals surface area contributed by atoms with Gasteiger partial charge in [-0.2, -0.15) is 0 Å². The number of benzene rings is 3. The lowest BCUT2D eigenvalue weighted by molar-refractivity contribution is 0.0701. The second kappa shape index (κ2) is 7.59. The molecule has 0 aliphatic carbocycles. The molecule has 0 saturated carbocycles. The molecule has 4 aromatic rings. The molecular formula is C22H17ClO3S. The van der Waals surface area contributed by atoms with Gasteiger partial charge in [0, 0.05) is 5.39 Å². The van der Waals surface area contributed by atoms with E-state index in [1.54, 1.807) is 6.07 Å². The lowest BCUT2D eigenvalue weighted by Gasteiger charge is -2.09. The standard InChI is InChI=1S/C22H17ClO3S/c23-18-11-4-9-16-17(21(22(24)25)27-20(16)18)10-5-13-26-19-12-3-7-14-6-1-2-8-15(14)19/h1-4,6-9,11-12H,5,10,13H2,(H,24,25). The second-order valence-electron chi connectivity index (χ2n) is 6.26. The van der Waals surface area contributed by atoms with Gasteiger partial charge in [0.15, 0.2) is 0 Å². The van der Waals surface area contributed by atoms with Crippen LogP contribution in [-0.2, 0) is 6.42 Å². The van der Waals surface area contributed by atoms with Gasteiger partial charge in [-0.1, -0.05) is 60.1 Å². The van der Waals surface area contributed by atoms with Crippen molar-refractivity contribution in [1.29, 1.82) is 0 Å². The smallest absolute Gasteiger partial charge is 0.346 e. The van der Waals surface area contributed by atoms with E-state index in [2.05, 4.69) is 12.1 Å². The van der Waals surface area contributed by atoms with Crippen molar-refractivity contribution in [2.45, 2.75) is 12.8 Å². The summed E-state index contributed by atoms with van der Waals surface area (Å²) >= 11 is 7.48. The van der Waals surface area contributed by atoms with Gasteiger partial charge in [0.2, 0.25) is 0 Å². The van der Waals surface area contributed by atoms with Crippen molar-refractivity contribution < 1.29 is 14.6 Å². The van der Waals surface area contributed by atoms with Crippen LogP contribution < -0.4 is 4.74 Å². The molecule has 136 valence electrons. The molecule has 0 atom stereocenters. The van der Waals surface area contributed by atoms with E-state index < -0.39 is 5.97 Å². The Morgan fingerprint density at radius 2 is 1.74 bits per heavy atom. The maximum atomic E-state index is 11.6. The molecule has 0 radical (unpaired) electrons. The fraction of sp³-hybridized carbons (Fsp3) is 0.136. The van der Waals surface area contributed by atoms with Crippen LogP contribution in [0.4, 0.5) is 0 Å².